The van der Waals surface area contributed by atoms with Crippen LogP contribution in [-0.4, -0.2) is 53.5 Å². The second-order valence-corrected chi connectivity index (χ2v) is 9.82. The lowest BCUT2D eigenvalue weighted by Gasteiger charge is -2.27. The Balaban J connectivity index is 0.000000279. The van der Waals surface area contributed by atoms with Crippen LogP contribution < -0.4 is 15.6 Å². The number of carbonyl (C=O) groups is 1. The molecule has 1 fully saturated rings. The maximum absolute atomic E-state index is 14.0. The summed E-state index contributed by atoms with van der Waals surface area (Å²) in [5, 5.41) is 17.6. The van der Waals surface area contributed by atoms with Gasteiger partial charge in [0.15, 0.2) is 11.6 Å². The fraction of sp³-hybridized carbons (Fsp3) is 0.280. The molecule has 2 heterocycles. The van der Waals surface area contributed by atoms with E-state index in [1.807, 2.05) is 19.1 Å². The molecule has 1 saturated heterocycles. The third-order valence-corrected chi connectivity index (χ3v) is 6.98. The van der Waals surface area contributed by atoms with Crippen LogP contribution in [0.4, 0.5) is 21.8 Å². The van der Waals surface area contributed by atoms with Gasteiger partial charge in [-0.3, -0.25) is 4.79 Å². The fourth-order valence-corrected chi connectivity index (χ4v) is 4.39. The summed E-state index contributed by atoms with van der Waals surface area (Å²) in [4.78, 5) is 20.6. The van der Waals surface area contributed by atoms with Crippen LogP contribution in [0.25, 0.3) is 0 Å². The van der Waals surface area contributed by atoms with E-state index in [1.54, 1.807) is 24.0 Å². The van der Waals surface area contributed by atoms with Crippen molar-refractivity contribution in [2.24, 2.45) is 5.10 Å². The number of halogens is 4. The number of phenolic OH excluding ortho intramolecular Hbond substituents is 1. The predicted octanol–water partition coefficient (Wildman–Crippen LogP) is 5.94. The maximum atomic E-state index is 14.0. The number of carbonyl (C=O) groups excluding carboxylic acids is 1. The number of aryl methyl sites for hydroxylation is 1. The molecule has 1 amide bonds. The quantitative estimate of drug-likeness (QED) is 0.237. The molecule has 1 aromatic heterocycles. The summed E-state index contributed by atoms with van der Waals surface area (Å²) in [5.41, 5.74) is 5.44. The molecule has 0 spiro atoms. The number of hydrogen-bond donors (Lipinski definition) is 3. The highest BCUT2D eigenvalue weighted by atomic mass is 79.9. The second-order valence-electron chi connectivity index (χ2n) is 8.18. The van der Waals surface area contributed by atoms with Crippen molar-refractivity contribution in [3.8, 4) is 5.75 Å². The highest BCUT2D eigenvalue weighted by Crippen LogP contribution is 2.34. The Morgan fingerprint density at radius 3 is 2.66 bits per heavy atom. The van der Waals surface area contributed by atoms with E-state index in [0.29, 0.717) is 42.6 Å². The first-order valence-electron chi connectivity index (χ1n) is 11.4. The Morgan fingerprint density at radius 2 is 2.00 bits per heavy atom. The number of aromatic hydroxyl groups is 1. The number of morpholine rings is 1. The molecule has 0 bridgehead atoms. The average Bonchev–Trinajstić information content (AvgIpc) is 2.90. The first-order chi connectivity index (χ1) is 18.1. The Morgan fingerprint density at radius 1 is 1.29 bits per heavy atom. The largest absolute Gasteiger partial charge is 0.506 e. The summed E-state index contributed by atoms with van der Waals surface area (Å²) in [6.07, 6.45) is 2.47. The monoisotopic (exact) mass is 626 g/mol. The number of ether oxygens (including phenoxy) is 1. The average molecular weight is 628 g/mol. The van der Waals surface area contributed by atoms with Crippen molar-refractivity contribution in [1.29, 1.82) is 0 Å². The van der Waals surface area contributed by atoms with E-state index in [9.17, 15) is 14.3 Å². The van der Waals surface area contributed by atoms with Crippen LogP contribution in [0.1, 0.15) is 23.6 Å². The van der Waals surface area contributed by atoms with Crippen LogP contribution in [0, 0.1) is 19.7 Å². The number of amides is 1. The molecule has 0 saturated carbocycles. The van der Waals surface area contributed by atoms with Gasteiger partial charge in [0.25, 0.3) is 0 Å². The number of rotatable bonds is 5. The van der Waals surface area contributed by atoms with Gasteiger partial charge in [0.05, 0.1) is 41.4 Å². The van der Waals surface area contributed by atoms with Crippen LogP contribution in [0.15, 0.2) is 40.0 Å². The van der Waals surface area contributed by atoms with Crippen molar-refractivity contribution >= 4 is 68.7 Å². The molecule has 0 radical (unpaired) electrons. The van der Waals surface area contributed by atoms with Gasteiger partial charge in [0.2, 0.25) is 11.9 Å². The van der Waals surface area contributed by atoms with Crippen molar-refractivity contribution in [3.63, 3.8) is 0 Å². The summed E-state index contributed by atoms with van der Waals surface area (Å²) in [5.74, 6) is -0.350. The van der Waals surface area contributed by atoms with E-state index in [1.165, 1.54) is 13.1 Å². The van der Waals surface area contributed by atoms with Gasteiger partial charge < -0.3 is 20.1 Å². The molecule has 1 aliphatic heterocycles. The molecule has 0 unspecified atom stereocenters. The van der Waals surface area contributed by atoms with Crippen molar-refractivity contribution in [3.05, 3.63) is 67.5 Å². The maximum Gasteiger partial charge on any atom is 0.245 e. The Labute approximate surface area is 238 Å². The predicted molar refractivity (Wildman–Crippen MR) is 152 cm³/mol. The molecule has 9 nitrogen and oxygen atoms in total. The highest BCUT2D eigenvalue weighted by Gasteiger charge is 2.18. The molecule has 2 aromatic carbocycles. The zero-order valence-electron chi connectivity index (χ0n) is 20.9. The van der Waals surface area contributed by atoms with Crippen LogP contribution in [0.2, 0.25) is 10.0 Å². The molecule has 3 N–H and O–H groups in total. The molecular formula is C25H26BrCl2FN6O3. The lowest BCUT2D eigenvalue weighted by molar-refractivity contribution is -0.114. The van der Waals surface area contributed by atoms with Crippen molar-refractivity contribution < 1.29 is 19.0 Å². The lowest BCUT2D eigenvalue weighted by atomic mass is 10.1. The summed E-state index contributed by atoms with van der Waals surface area (Å²) in [6.45, 7) is 7.30. The van der Waals surface area contributed by atoms with Gasteiger partial charge in [-0.1, -0.05) is 51.3 Å². The molecule has 4 rings (SSSR count). The van der Waals surface area contributed by atoms with E-state index in [-0.39, 0.29) is 28.4 Å². The second kappa shape index (κ2) is 13.7. The van der Waals surface area contributed by atoms with E-state index >= 15 is 0 Å². The first kappa shape index (κ1) is 29.6. The molecule has 0 aliphatic carbocycles. The fourth-order valence-electron chi connectivity index (χ4n) is 3.36. The number of hydrogen-bond acceptors (Lipinski definition) is 8. The minimum Gasteiger partial charge on any atom is -0.506 e. The number of hydrazone groups is 1. The number of aromatic nitrogens is 2. The first-order valence-corrected chi connectivity index (χ1v) is 13.0. The summed E-state index contributed by atoms with van der Waals surface area (Å²) >= 11 is 15.3. The summed E-state index contributed by atoms with van der Waals surface area (Å²) in [6, 6.07) is 7.19. The van der Waals surface area contributed by atoms with Crippen molar-refractivity contribution in [2.45, 2.75) is 20.8 Å². The van der Waals surface area contributed by atoms with Crippen LogP contribution in [-0.2, 0) is 9.53 Å². The van der Waals surface area contributed by atoms with Crippen molar-refractivity contribution in [1.82, 2.24) is 9.97 Å². The van der Waals surface area contributed by atoms with E-state index in [0.717, 1.165) is 21.8 Å². The van der Waals surface area contributed by atoms with Crippen LogP contribution in [0.3, 0.4) is 0 Å². The summed E-state index contributed by atoms with van der Waals surface area (Å²) < 4.78 is 20.0. The molecule has 38 heavy (non-hydrogen) atoms. The normalized spacial score (nSPS) is 13.2. The van der Waals surface area contributed by atoms with Gasteiger partial charge in [-0.2, -0.15) is 10.1 Å². The lowest BCUT2D eigenvalue weighted by Crippen LogP contribution is -2.37. The topological polar surface area (TPSA) is 112 Å². The number of para-hydroxylation sites is 1. The number of benzene rings is 2. The van der Waals surface area contributed by atoms with Gasteiger partial charge >= 0.3 is 0 Å². The highest BCUT2D eigenvalue weighted by molar-refractivity contribution is 9.10. The number of anilines is 3. The standard InChI is InChI=1S/C16H16BrClFN5O2.C9H10ClNO/c1-9-11(17)6-10(14(25)13(9)18)7-21-23-16-20-8-12(19)15(22-16)24-2-4-26-5-3-24;1-6-4-3-5-8(10)9(6)11-7(2)12/h6-8,25H,2-5H2,1H3,(H,20,22,23);3-5H,1-2H3,(H,11,12)/b21-7+;. The van der Waals surface area contributed by atoms with Gasteiger partial charge in [-0.25, -0.2) is 14.8 Å². The number of nitrogens with one attached hydrogen (secondary N) is 2. The minimum absolute atomic E-state index is 0.0769. The van der Waals surface area contributed by atoms with Gasteiger partial charge in [-0.15, -0.1) is 0 Å². The molecule has 1 aliphatic rings. The van der Waals surface area contributed by atoms with E-state index < -0.39 is 5.82 Å². The van der Waals surface area contributed by atoms with Crippen LogP contribution in [0.5, 0.6) is 5.75 Å². The Hall–Kier alpha value is -2.99. The third-order valence-electron chi connectivity index (χ3n) is 5.38. The molecule has 202 valence electrons. The molecule has 13 heteroatoms. The third kappa shape index (κ3) is 7.76. The molecule has 0 atom stereocenters. The molecular weight excluding hydrogens is 602 g/mol. The zero-order valence-corrected chi connectivity index (χ0v) is 24.0. The Kier molecular flexibility index (Phi) is 10.7. The van der Waals surface area contributed by atoms with E-state index in [4.69, 9.17) is 27.9 Å². The Bertz CT molecular complexity index is 1320. The zero-order chi connectivity index (χ0) is 27.8. The van der Waals surface area contributed by atoms with Crippen molar-refractivity contribution in [2.75, 3.05) is 41.9 Å². The number of nitrogens with zero attached hydrogens (tertiary/aromatic N) is 4. The van der Waals surface area contributed by atoms with Gasteiger partial charge in [0.1, 0.15) is 5.75 Å². The van der Waals surface area contributed by atoms with Crippen LogP contribution >= 0.6 is 39.1 Å². The number of phenols is 1. The minimum atomic E-state index is -0.506. The smallest absolute Gasteiger partial charge is 0.245 e. The van der Waals surface area contributed by atoms with Gasteiger partial charge in [-0.05, 0) is 37.1 Å². The SMILES string of the molecule is CC(=O)Nc1c(C)cccc1Cl.Cc1c(Br)cc(/C=N/Nc2ncc(F)c(N3CCOCC3)n2)c(O)c1Cl. The van der Waals surface area contributed by atoms with E-state index in [2.05, 4.69) is 41.7 Å². The summed E-state index contributed by atoms with van der Waals surface area (Å²) in [7, 11) is 0. The molecule has 3 aromatic rings. The van der Waals surface area contributed by atoms with Gasteiger partial charge in [0, 0.05) is 30.0 Å².